The molecule has 0 aromatic heterocycles. The molecule has 0 unspecified atom stereocenters. The van der Waals surface area contributed by atoms with Crippen molar-refractivity contribution in [1.29, 1.82) is 0 Å². The van der Waals surface area contributed by atoms with Gasteiger partial charge in [0.2, 0.25) is 0 Å². The first kappa shape index (κ1) is 44.8. The minimum atomic E-state index is -1.91. The average Bonchev–Trinajstić information content (AvgIpc) is 3.18. The molecule has 0 spiro atoms. The van der Waals surface area contributed by atoms with E-state index in [0.717, 1.165) is 59.2 Å². The van der Waals surface area contributed by atoms with Crippen LogP contribution in [0, 0.1) is 50.2 Å². The lowest BCUT2D eigenvalue weighted by Gasteiger charge is -2.71. The lowest BCUT2D eigenvalue weighted by atomic mass is 9.33. The maximum Gasteiger partial charge on any atom is 0.337 e. The number of allylic oxidation sites excluding steroid dienone is 2. The summed E-state index contributed by atoms with van der Waals surface area (Å²) in [5.74, 6) is -1.93. The smallest absolute Gasteiger partial charge is 0.337 e. The predicted molar refractivity (Wildman–Crippen MR) is 208 cm³/mol. The summed E-state index contributed by atoms with van der Waals surface area (Å²) < 4.78 is 33.9. The molecule has 7 rings (SSSR count). The Morgan fingerprint density at radius 1 is 0.678 bits per heavy atom. The van der Waals surface area contributed by atoms with Gasteiger partial charge in [-0.2, -0.15) is 0 Å². The number of carbonyl (C=O) groups is 3. The van der Waals surface area contributed by atoms with Gasteiger partial charge >= 0.3 is 17.9 Å². The van der Waals surface area contributed by atoms with E-state index < -0.39 is 96.3 Å². The van der Waals surface area contributed by atoms with Gasteiger partial charge in [0, 0.05) is 0 Å². The van der Waals surface area contributed by atoms with Gasteiger partial charge in [0.1, 0.15) is 36.6 Å². The van der Waals surface area contributed by atoms with Crippen molar-refractivity contribution in [3.63, 3.8) is 0 Å². The Morgan fingerprint density at radius 3 is 1.88 bits per heavy atom. The third kappa shape index (κ3) is 6.74. The van der Waals surface area contributed by atoms with Crippen LogP contribution in [-0.4, -0.2) is 130 Å². The van der Waals surface area contributed by atoms with Crippen LogP contribution in [0.3, 0.4) is 0 Å². The predicted octanol–water partition coefficient (Wildman–Crippen LogP) is 3.24. The second kappa shape index (κ2) is 15.3. The first-order valence-electron chi connectivity index (χ1n) is 21.6. The largest absolute Gasteiger partial charge is 0.481 e. The second-order valence-corrected chi connectivity index (χ2v) is 21.0. The molecule has 0 aromatic rings. The lowest BCUT2D eigenvalue weighted by Crippen LogP contribution is -2.67. The molecule has 7 aliphatic rings. The number of fused-ring (bicyclic) bond motifs is 7. The SMILES string of the molecule is COC(=O)[C@H]1O[C@@H](O[C@H]2[C@H](O[C@H]3CC[C@]4(C)[C@H]5CC=C6[C@@H]7C[C@@](C)(C(=O)O)CC[C@]7(C)CC[C@@]6(C)[C@]5(C)CC[C@H]4C3(C)C)O[C@H](C(=O)OC)[C@@H](O)[C@@H]2O)[C@H](O)[C@@H](O)[C@@H]1O. The van der Waals surface area contributed by atoms with E-state index in [1.807, 2.05) is 6.92 Å². The third-order valence-electron chi connectivity index (χ3n) is 17.9. The first-order chi connectivity index (χ1) is 27.4. The highest BCUT2D eigenvalue weighted by molar-refractivity contribution is 5.76. The van der Waals surface area contributed by atoms with Gasteiger partial charge in [-0.15, -0.1) is 0 Å². The van der Waals surface area contributed by atoms with Gasteiger partial charge in [0.05, 0.1) is 25.7 Å². The summed E-state index contributed by atoms with van der Waals surface area (Å²) in [5.41, 5.74) is 0.149. The highest BCUT2D eigenvalue weighted by Gasteiger charge is 2.69. The van der Waals surface area contributed by atoms with Crippen molar-refractivity contribution in [2.75, 3.05) is 14.2 Å². The number of carboxylic acids is 1. The quantitative estimate of drug-likeness (QED) is 0.123. The summed E-state index contributed by atoms with van der Waals surface area (Å²) in [6.07, 6.45) is -7.03. The minimum absolute atomic E-state index is 0.0229. The van der Waals surface area contributed by atoms with Gasteiger partial charge in [0.15, 0.2) is 24.8 Å². The van der Waals surface area contributed by atoms with Crippen molar-refractivity contribution < 1.29 is 73.4 Å². The number of hydrogen-bond acceptors (Lipinski definition) is 14. The number of rotatable bonds is 7. The zero-order valence-electron chi connectivity index (χ0n) is 36.1. The summed E-state index contributed by atoms with van der Waals surface area (Å²) in [5, 5.41) is 64.7. The molecule has 2 aliphatic heterocycles. The fourth-order valence-corrected chi connectivity index (χ4v) is 13.8. The molecule has 0 radical (unpaired) electrons. The zero-order chi connectivity index (χ0) is 43.4. The standard InChI is InChI=1S/C44H68O15/c1-39(2)23-12-15-44(7)24(11-10-21-22-20-41(4,38(52)53)17-16-40(22,3)18-19-43(21,44)6)42(23,5)14-13-25(39)56-37-33(29(48)28(47)32(58-37)35(51)55-9)59-36-30(49)26(45)27(46)31(57-36)34(50)54-8/h10,22-33,36-37,45-49H,11-20H2,1-9H3,(H,52,53)/t22-,23-,24+,25-,26-,27-,28-,29-,30+,31-,32-,33+,36-,37+,40+,41-,42-,43+,44+/m0/s1. The number of carboxylic acid groups (broad SMARTS) is 1. The molecule has 15 heteroatoms. The highest BCUT2D eigenvalue weighted by atomic mass is 16.8. The molecule has 2 heterocycles. The Morgan fingerprint density at radius 2 is 1.27 bits per heavy atom. The molecule has 5 aliphatic carbocycles. The molecule has 4 saturated carbocycles. The molecule has 0 bridgehead atoms. The number of hydrogen-bond donors (Lipinski definition) is 6. The van der Waals surface area contributed by atoms with Crippen LogP contribution in [0.5, 0.6) is 0 Å². The zero-order valence-corrected chi connectivity index (χ0v) is 36.1. The molecule has 0 amide bonds. The van der Waals surface area contributed by atoms with Gasteiger partial charge in [-0.1, -0.05) is 53.2 Å². The van der Waals surface area contributed by atoms with E-state index in [1.54, 1.807) is 0 Å². The van der Waals surface area contributed by atoms with Crippen LogP contribution >= 0.6 is 0 Å². The van der Waals surface area contributed by atoms with E-state index in [0.29, 0.717) is 25.2 Å². The number of aliphatic hydroxyl groups is 5. The van der Waals surface area contributed by atoms with Crippen LogP contribution in [-0.2, 0) is 42.8 Å². The van der Waals surface area contributed by atoms with Crippen LogP contribution in [0.4, 0.5) is 0 Å². The van der Waals surface area contributed by atoms with Crippen molar-refractivity contribution in [3.05, 3.63) is 11.6 Å². The summed E-state index contributed by atoms with van der Waals surface area (Å²) in [6.45, 7) is 16.0. The maximum atomic E-state index is 12.8. The topological polar surface area (TPSA) is 228 Å². The Labute approximate surface area is 347 Å². The summed E-state index contributed by atoms with van der Waals surface area (Å²) in [4.78, 5) is 37.8. The van der Waals surface area contributed by atoms with Gasteiger partial charge < -0.3 is 59.1 Å². The van der Waals surface area contributed by atoms with Crippen molar-refractivity contribution >= 4 is 17.9 Å². The van der Waals surface area contributed by atoms with Gasteiger partial charge in [-0.3, -0.25) is 4.79 Å². The second-order valence-electron chi connectivity index (χ2n) is 21.0. The number of aliphatic hydroxyl groups excluding tert-OH is 5. The van der Waals surface area contributed by atoms with Gasteiger partial charge in [-0.05, 0) is 116 Å². The van der Waals surface area contributed by atoms with Crippen LogP contribution in [0.15, 0.2) is 11.6 Å². The number of methoxy groups -OCH3 is 2. The lowest BCUT2D eigenvalue weighted by molar-refractivity contribution is -0.371. The van der Waals surface area contributed by atoms with Crippen LogP contribution in [0.25, 0.3) is 0 Å². The summed E-state index contributed by atoms with van der Waals surface area (Å²) in [7, 11) is 2.18. The molecular weight excluding hydrogens is 768 g/mol. The maximum absolute atomic E-state index is 12.8. The van der Waals surface area contributed by atoms with Crippen molar-refractivity contribution in [2.45, 2.75) is 180 Å². The number of ether oxygens (including phenoxy) is 6. The van der Waals surface area contributed by atoms with Crippen LogP contribution in [0.1, 0.15) is 113 Å². The molecule has 15 nitrogen and oxygen atoms in total. The monoisotopic (exact) mass is 836 g/mol. The molecule has 6 fully saturated rings. The molecular formula is C44H68O15. The van der Waals surface area contributed by atoms with Gasteiger partial charge in [0.25, 0.3) is 0 Å². The van der Waals surface area contributed by atoms with Gasteiger partial charge in [-0.25, -0.2) is 9.59 Å². The molecule has 0 aromatic carbocycles. The Kier molecular flexibility index (Phi) is 11.6. The van der Waals surface area contributed by atoms with E-state index in [9.17, 15) is 45.0 Å². The molecule has 2 saturated heterocycles. The number of esters is 2. The Balaban J connectivity index is 1.16. The molecule has 59 heavy (non-hydrogen) atoms. The molecule has 334 valence electrons. The van der Waals surface area contributed by atoms with E-state index in [-0.39, 0.29) is 33.5 Å². The van der Waals surface area contributed by atoms with Crippen molar-refractivity contribution in [1.82, 2.24) is 0 Å². The number of aliphatic carboxylic acids is 1. The molecule has 19 atom stereocenters. The highest BCUT2D eigenvalue weighted by Crippen LogP contribution is 2.76. The van der Waals surface area contributed by atoms with Crippen LogP contribution < -0.4 is 0 Å². The normalized spacial score (nSPS) is 51.7. The summed E-state index contributed by atoms with van der Waals surface area (Å²) in [6, 6.07) is 0. The third-order valence-corrected chi connectivity index (χ3v) is 17.9. The Bertz CT molecular complexity index is 1680. The summed E-state index contributed by atoms with van der Waals surface area (Å²) >= 11 is 0. The first-order valence-corrected chi connectivity index (χ1v) is 21.6. The average molecular weight is 837 g/mol. The van der Waals surface area contributed by atoms with Crippen molar-refractivity contribution in [3.8, 4) is 0 Å². The van der Waals surface area contributed by atoms with E-state index in [4.69, 9.17) is 28.4 Å². The van der Waals surface area contributed by atoms with Crippen molar-refractivity contribution in [2.24, 2.45) is 50.2 Å². The Hall–Kier alpha value is -2.21. The number of carbonyl (C=O) groups excluding carboxylic acids is 2. The fourth-order valence-electron chi connectivity index (χ4n) is 13.8. The fraction of sp³-hybridized carbons (Fsp3) is 0.886. The molecule has 6 N–H and O–H groups in total. The van der Waals surface area contributed by atoms with Crippen LogP contribution in [0.2, 0.25) is 0 Å². The minimum Gasteiger partial charge on any atom is -0.481 e. The van der Waals surface area contributed by atoms with E-state index >= 15 is 0 Å². The van der Waals surface area contributed by atoms with E-state index in [1.165, 1.54) is 5.57 Å². The van der Waals surface area contributed by atoms with E-state index in [2.05, 4.69) is 47.6 Å².